The molecule has 2 heterocycles. The molecule has 1 saturated heterocycles. The molecule has 8 heteroatoms. The smallest absolute Gasteiger partial charge is 0.410 e. The molecule has 1 amide bonds. The van der Waals surface area contributed by atoms with Crippen LogP contribution in [0, 0.1) is 0 Å². The Hall–Kier alpha value is -1.73. The van der Waals surface area contributed by atoms with Crippen molar-refractivity contribution in [2.75, 3.05) is 12.3 Å². The van der Waals surface area contributed by atoms with Gasteiger partial charge in [-0.25, -0.2) is 14.8 Å². The lowest BCUT2D eigenvalue weighted by atomic mass is 10.0. The molecule has 2 atom stereocenters. The summed E-state index contributed by atoms with van der Waals surface area (Å²) in [7, 11) is -1.46. The van der Waals surface area contributed by atoms with Crippen LogP contribution in [0.15, 0.2) is 29.3 Å². The van der Waals surface area contributed by atoms with E-state index in [1.807, 2.05) is 45.0 Å². The van der Waals surface area contributed by atoms with Crippen LogP contribution in [-0.2, 0) is 15.5 Å². The lowest BCUT2D eigenvalue weighted by molar-refractivity contribution is 0.0125. The Morgan fingerprint density at radius 3 is 2.59 bits per heavy atom. The molecule has 0 radical (unpaired) electrons. The third kappa shape index (κ3) is 4.96. The summed E-state index contributed by atoms with van der Waals surface area (Å²) in [5.41, 5.74) is 0.750. The van der Waals surface area contributed by atoms with Crippen molar-refractivity contribution < 1.29 is 13.7 Å². The van der Waals surface area contributed by atoms with Gasteiger partial charge in [-0.1, -0.05) is 23.7 Å². The van der Waals surface area contributed by atoms with E-state index in [9.17, 15) is 9.00 Å². The molecule has 1 fully saturated rings. The summed E-state index contributed by atoms with van der Waals surface area (Å²) >= 11 is 6.23. The molecule has 0 spiro atoms. The first kappa shape index (κ1) is 20.0. The molecule has 27 heavy (non-hydrogen) atoms. The quantitative estimate of drug-likeness (QED) is 0.760. The predicted octanol–water partition coefficient (Wildman–Crippen LogP) is 4.18. The van der Waals surface area contributed by atoms with Gasteiger partial charge in [-0.15, -0.1) is 0 Å². The van der Waals surface area contributed by atoms with Gasteiger partial charge in [-0.05, 0) is 52.2 Å². The maximum absolute atomic E-state index is 13.0. The number of carbonyl (C=O) groups excluding carboxylic acids is 1. The summed E-state index contributed by atoms with van der Waals surface area (Å²) in [6.45, 7) is 6.12. The minimum absolute atomic E-state index is 0.145. The van der Waals surface area contributed by atoms with E-state index >= 15 is 0 Å². The van der Waals surface area contributed by atoms with Crippen LogP contribution in [0.5, 0.6) is 0 Å². The summed E-state index contributed by atoms with van der Waals surface area (Å²) in [6, 6.07) is 7.16. The van der Waals surface area contributed by atoms with E-state index in [4.69, 9.17) is 16.3 Å². The molecule has 0 bridgehead atoms. The van der Waals surface area contributed by atoms with Crippen LogP contribution in [0.4, 0.5) is 4.79 Å². The van der Waals surface area contributed by atoms with E-state index in [0.717, 1.165) is 19.3 Å². The van der Waals surface area contributed by atoms with Crippen LogP contribution < -0.4 is 0 Å². The number of amides is 1. The lowest BCUT2D eigenvalue weighted by Crippen LogP contribution is -2.48. The molecule has 1 aliphatic rings. The van der Waals surface area contributed by atoms with Crippen molar-refractivity contribution in [2.24, 2.45) is 0 Å². The van der Waals surface area contributed by atoms with Crippen LogP contribution in [0.25, 0.3) is 11.0 Å². The number of hydrogen-bond donors (Lipinski definition) is 0. The minimum Gasteiger partial charge on any atom is -0.444 e. The number of nitrogens with zero attached hydrogens (tertiary/aromatic N) is 3. The average molecular weight is 410 g/mol. The molecule has 6 nitrogen and oxygen atoms in total. The van der Waals surface area contributed by atoms with Crippen LogP contribution in [0.1, 0.15) is 40.0 Å². The molecular formula is C19H24ClN3O3S. The minimum atomic E-state index is -1.46. The van der Waals surface area contributed by atoms with E-state index in [1.165, 1.54) is 0 Å². The first-order valence-electron chi connectivity index (χ1n) is 9.05. The Balaban J connectivity index is 1.79. The number of fused-ring (bicyclic) bond motifs is 1. The fourth-order valence-corrected chi connectivity index (χ4v) is 4.77. The second-order valence-electron chi connectivity index (χ2n) is 7.64. The standard InChI is InChI=1S/C19H24ClN3O3S/c1-19(2,3)26-18(24)23-11-7-6-8-13(23)12-27(25)17-16(20)21-14-9-4-5-10-15(14)22-17/h4-5,9-10,13H,6-8,11-12H2,1-3H3. The topological polar surface area (TPSA) is 72.4 Å². The number of carbonyl (C=O) groups is 1. The maximum atomic E-state index is 13.0. The average Bonchev–Trinajstić information content (AvgIpc) is 2.60. The summed E-state index contributed by atoms with van der Waals surface area (Å²) in [5, 5.41) is 0.414. The highest BCUT2D eigenvalue weighted by atomic mass is 35.5. The van der Waals surface area contributed by atoms with Crippen LogP contribution in [0.2, 0.25) is 5.15 Å². The number of rotatable bonds is 3. The molecule has 2 unspecified atom stereocenters. The van der Waals surface area contributed by atoms with E-state index in [0.29, 0.717) is 17.6 Å². The predicted molar refractivity (Wildman–Crippen MR) is 106 cm³/mol. The van der Waals surface area contributed by atoms with Gasteiger partial charge in [-0.3, -0.25) is 4.21 Å². The second-order valence-corrected chi connectivity index (χ2v) is 9.41. The zero-order valence-corrected chi connectivity index (χ0v) is 17.3. The maximum Gasteiger partial charge on any atom is 0.410 e. The molecule has 2 aromatic rings. The van der Waals surface area contributed by atoms with Crippen LogP contribution in [-0.4, -0.2) is 49.1 Å². The van der Waals surface area contributed by atoms with Gasteiger partial charge in [0.1, 0.15) is 5.60 Å². The van der Waals surface area contributed by atoms with Crippen molar-refractivity contribution in [1.82, 2.24) is 14.9 Å². The van der Waals surface area contributed by atoms with Gasteiger partial charge in [0.05, 0.1) is 27.6 Å². The Labute approximate surface area is 166 Å². The fraction of sp³-hybridized carbons (Fsp3) is 0.526. The van der Waals surface area contributed by atoms with Gasteiger partial charge in [0, 0.05) is 12.6 Å². The number of benzene rings is 1. The SMILES string of the molecule is CC(C)(C)OC(=O)N1CCCCC1CS(=O)c1nc2ccccc2nc1Cl. The highest BCUT2D eigenvalue weighted by molar-refractivity contribution is 7.85. The van der Waals surface area contributed by atoms with Crippen LogP contribution >= 0.6 is 11.6 Å². The Kier molecular flexibility index (Phi) is 6.01. The number of piperidine rings is 1. The number of para-hydroxylation sites is 2. The van der Waals surface area contributed by atoms with Crippen molar-refractivity contribution in [1.29, 1.82) is 0 Å². The monoisotopic (exact) mass is 409 g/mol. The normalized spacial score (nSPS) is 19.1. The molecular weight excluding hydrogens is 386 g/mol. The van der Waals surface area contributed by atoms with Gasteiger partial charge >= 0.3 is 6.09 Å². The number of aromatic nitrogens is 2. The molecule has 0 N–H and O–H groups in total. The third-order valence-electron chi connectivity index (χ3n) is 4.31. The molecule has 3 rings (SSSR count). The van der Waals surface area contributed by atoms with Gasteiger partial charge < -0.3 is 9.64 Å². The van der Waals surface area contributed by atoms with Crippen molar-refractivity contribution >= 4 is 39.5 Å². The number of hydrogen-bond acceptors (Lipinski definition) is 5. The van der Waals surface area contributed by atoms with Gasteiger partial charge in [-0.2, -0.15) is 0 Å². The lowest BCUT2D eigenvalue weighted by Gasteiger charge is -2.36. The number of likely N-dealkylation sites (tertiary alicyclic amines) is 1. The van der Waals surface area contributed by atoms with Gasteiger partial charge in [0.2, 0.25) is 0 Å². The van der Waals surface area contributed by atoms with E-state index in [-0.39, 0.29) is 28.1 Å². The van der Waals surface area contributed by atoms with E-state index in [2.05, 4.69) is 9.97 Å². The zero-order valence-electron chi connectivity index (χ0n) is 15.8. The van der Waals surface area contributed by atoms with E-state index < -0.39 is 16.4 Å². The largest absolute Gasteiger partial charge is 0.444 e. The first-order valence-corrected chi connectivity index (χ1v) is 10.7. The third-order valence-corrected chi connectivity index (χ3v) is 6.09. The Bertz CT molecular complexity index is 869. The number of ether oxygens (including phenoxy) is 1. The summed E-state index contributed by atoms with van der Waals surface area (Å²) in [6.07, 6.45) is 2.32. The fourth-order valence-electron chi connectivity index (χ4n) is 3.10. The summed E-state index contributed by atoms with van der Waals surface area (Å²) in [4.78, 5) is 23.0. The highest BCUT2D eigenvalue weighted by Gasteiger charge is 2.32. The molecule has 146 valence electrons. The first-order chi connectivity index (χ1) is 12.7. The van der Waals surface area contributed by atoms with E-state index in [1.54, 1.807) is 4.90 Å². The molecule has 0 aliphatic carbocycles. The Morgan fingerprint density at radius 2 is 1.93 bits per heavy atom. The van der Waals surface area contributed by atoms with Crippen molar-refractivity contribution in [2.45, 2.75) is 56.7 Å². The molecule has 1 aromatic heterocycles. The van der Waals surface area contributed by atoms with Crippen molar-refractivity contribution in [3.8, 4) is 0 Å². The van der Waals surface area contributed by atoms with Crippen molar-refractivity contribution in [3.05, 3.63) is 29.4 Å². The zero-order chi connectivity index (χ0) is 19.6. The Morgan fingerprint density at radius 1 is 1.26 bits per heavy atom. The van der Waals surface area contributed by atoms with Crippen molar-refractivity contribution in [3.63, 3.8) is 0 Å². The molecule has 1 aliphatic heterocycles. The molecule has 1 aromatic carbocycles. The number of halogens is 1. The summed E-state index contributed by atoms with van der Waals surface area (Å²) < 4.78 is 18.5. The van der Waals surface area contributed by atoms with Gasteiger partial charge in [0.25, 0.3) is 0 Å². The second kappa shape index (κ2) is 8.10. The van der Waals surface area contributed by atoms with Gasteiger partial charge in [0.15, 0.2) is 10.2 Å². The summed E-state index contributed by atoms with van der Waals surface area (Å²) in [5.74, 6) is 0.270. The molecule has 0 saturated carbocycles. The highest BCUT2D eigenvalue weighted by Crippen LogP contribution is 2.25. The van der Waals surface area contributed by atoms with Crippen LogP contribution in [0.3, 0.4) is 0 Å².